The molecule has 0 saturated carbocycles. The van der Waals surface area contributed by atoms with Gasteiger partial charge in [0.1, 0.15) is 11.9 Å². The van der Waals surface area contributed by atoms with E-state index in [9.17, 15) is 18.0 Å². The average Bonchev–Trinajstić information content (AvgIpc) is 2.85. The van der Waals surface area contributed by atoms with Crippen LogP contribution in [-0.2, 0) is 32.8 Å². The standard InChI is InChI=1S/C26H36N6O4S/c1-17-12-22(13-18(2)19(17)3)16-29-37(35,36)30-24(15-21-6-5-7-23(14-21)25(27)28)26(34)32-10-8-31(9-11-32)20(4)33/h5-7,12-14,24,29-30H,8-11,15-16H2,1-4H3,(H3,27,28). The second kappa shape index (κ2) is 11.8. The maximum atomic E-state index is 13.5. The Morgan fingerprint density at radius 1 is 1.00 bits per heavy atom. The van der Waals surface area contributed by atoms with Gasteiger partial charge in [-0.3, -0.25) is 15.0 Å². The minimum Gasteiger partial charge on any atom is -0.384 e. The molecule has 37 heavy (non-hydrogen) atoms. The molecule has 1 heterocycles. The predicted octanol–water partition coefficient (Wildman–Crippen LogP) is 1.12. The third kappa shape index (κ3) is 7.61. The number of hydrogen-bond donors (Lipinski definition) is 4. The summed E-state index contributed by atoms with van der Waals surface area (Å²) in [6.07, 6.45) is 0.0799. The molecule has 0 aliphatic carbocycles. The molecule has 1 aliphatic rings. The van der Waals surface area contributed by atoms with Gasteiger partial charge in [0.2, 0.25) is 11.8 Å². The second-order valence-corrected chi connectivity index (χ2v) is 11.0. The molecular formula is C26H36N6O4S. The molecule has 1 fully saturated rings. The van der Waals surface area contributed by atoms with Gasteiger partial charge in [0.05, 0.1) is 0 Å². The first kappa shape index (κ1) is 28.3. The fraction of sp³-hybridized carbons (Fsp3) is 0.423. The van der Waals surface area contributed by atoms with Gasteiger partial charge in [-0.05, 0) is 61.1 Å². The van der Waals surface area contributed by atoms with Crippen LogP contribution in [0.4, 0.5) is 0 Å². The lowest BCUT2D eigenvalue weighted by atomic mass is 10.0. The van der Waals surface area contributed by atoms with Crippen LogP contribution in [0.15, 0.2) is 36.4 Å². The van der Waals surface area contributed by atoms with Crippen molar-refractivity contribution in [2.24, 2.45) is 5.73 Å². The van der Waals surface area contributed by atoms with Gasteiger partial charge in [-0.25, -0.2) is 0 Å². The highest BCUT2D eigenvalue weighted by Gasteiger charge is 2.31. The number of hydrogen-bond acceptors (Lipinski definition) is 5. The van der Waals surface area contributed by atoms with E-state index in [2.05, 4.69) is 9.44 Å². The molecule has 0 aromatic heterocycles. The van der Waals surface area contributed by atoms with Crippen LogP contribution in [-0.4, -0.2) is 68.1 Å². The first-order chi connectivity index (χ1) is 17.4. The molecule has 2 amide bonds. The zero-order valence-electron chi connectivity index (χ0n) is 21.8. The molecule has 2 aromatic carbocycles. The van der Waals surface area contributed by atoms with Crippen LogP contribution in [0.1, 0.15) is 40.3 Å². The van der Waals surface area contributed by atoms with Crippen LogP contribution >= 0.6 is 0 Å². The SMILES string of the molecule is CC(=O)N1CCN(C(=O)C(Cc2cccc(C(=N)N)c2)NS(=O)(=O)NCc2cc(C)c(C)c(C)c2)CC1. The van der Waals surface area contributed by atoms with E-state index in [0.29, 0.717) is 37.3 Å². The number of nitrogens with zero attached hydrogens (tertiary/aromatic N) is 2. The summed E-state index contributed by atoms with van der Waals surface area (Å²) in [6, 6.07) is 9.64. The zero-order valence-corrected chi connectivity index (χ0v) is 22.6. The van der Waals surface area contributed by atoms with Gasteiger partial charge in [0.15, 0.2) is 0 Å². The molecule has 0 radical (unpaired) electrons. The fourth-order valence-electron chi connectivity index (χ4n) is 4.38. The van der Waals surface area contributed by atoms with Crippen molar-refractivity contribution in [2.75, 3.05) is 26.2 Å². The number of nitrogen functional groups attached to an aromatic ring is 1. The van der Waals surface area contributed by atoms with Gasteiger partial charge in [0, 0.05) is 45.2 Å². The summed E-state index contributed by atoms with van der Waals surface area (Å²) in [4.78, 5) is 28.4. The Kier molecular flexibility index (Phi) is 9.06. The number of carbonyl (C=O) groups excluding carboxylic acids is 2. The van der Waals surface area contributed by atoms with Crippen molar-refractivity contribution in [1.82, 2.24) is 19.2 Å². The summed E-state index contributed by atoms with van der Waals surface area (Å²) >= 11 is 0. The topological polar surface area (TPSA) is 149 Å². The minimum absolute atomic E-state index is 0.0591. The minimum atomic E-state index is -4.05. The summed E-state index contributed by atoms with van der Waals surface area (Å²) in [5, 5.41) is 7.69. The number of nitrogens with two attached hydrogens (primary N) is 1. The Balaban J connectivity index is 1.79. The normalized spacial score (nSPS) is 14.9. The lowest BCUT2D eigenvalue weighted by Crippen LogP contribution is -2.57. The van der Waals surface area contributed by atoms with Crippen molar-refractivity contribution < 1.29 is 18.0 Å². The molecule has 0 bridgehead atoms. The first-order valence-corrected chi connectivity index (χ1v) is 13.7. The maximum absolute atomic E-state index is 13.5. The Labute approximate surface area is 218 Å². The smallest absolute Gasteiger partial charge is 0.277 e. The van der Waals surface area contributed by atoms with E-state index < -0.39 is 16.3 Å². The summed E-state index contributed by atoms with van der Waals surface area (Å²) in [5.41, 5.74) is 10.9. The first-order valence-electron chi connectivity index (χ1n) is 12.2. The lowest BCUT2D eigenvalue weighted by Gasteiger charge is -2.36. The number of carbonyl (C=O) groups is 2. The van der Waals surface area contributed by atoms with Crippen molar-refractivity contribution in [3.05, 3.63) is 69.8 Å². The Hall–Kier alpha value is -3.28. The van der Waals surface area contributed by atoms with Gasteiger partial charge in [-0.1, -0.05) is 30.3 Å². The highest BCUT2D eigenvalue weighted by molar-refractivity contribution is 7.87. The predicted molar refractivity (Wildman–Crippen MR) is 143 cm³/mol. The summed E-state index contributed by atoms with van der Waals surface area (Å²) in [6.45, 7) is 8.97. The molecular weight excluding hydrogens is 492 g/mol. The molecule has 2 aromatic rings. The van der Waals surface area contributed by atoms with Crippen LogP contribution in [0, 0.1) is 26.2 Å². The molecule has 1 aliphatic heterocycles. The number of amides is 2. The fourth-order valence-corrected chi connectivity index (χ4v) is 5.38. The van der Waals surface area contributed by atoms with Gasteiger partial charge < -0.3 is 15.5 Å². The maximum Gasteiger partial charge on any atom is 0.277 e. The van der Waals surface area contributed by atoms with E-state index in [1.807, 2.05) is 32.9 Å². The highest BCUT2D eigenvalue weighted by Crippen LogP contribution is 2.16. The average molecular weight is 529 g/mol. The molecule has 1 unspecified atom stereocenters. The third-order valence-corrected chi connectivity index (χ3v) is 7.88. The molecule has 11 heteroatoms. The van der Waals surface area contributed by atoms with Crippen LogP contribution < -0.4 is 15.2 Å². The van der Waals surface area contributed by atoms with Crippen molar-refractivity contribution in [2.45, 2.75) is 46.7 Å². The van der Waals surface area contributed by atoms with Crippen molar-refractivity contribution in [3.63, 3.8) is 0 Å². The number of piperazine rings is 1. The van der Waals surface area contributed by atoms with Crippen LogP contribution in [0.3, 0.4) is 0 Å². The molecule has 1 saturated heterocycles. The van der Waals surface area contributed by atoms with E-state index in [4.69, 9.17) is 11.1 Å². The number of rotatable bonds is 9. The molecule has 5 N–H and O–H groups in total. The van der Waals surface area contributed by atoms with E-state index in [1.54, 1.807) is 34.1 Å². The second-order valence-electron chi connectivity index (χ2n) is 9.50. The van der Waals surface area contributed by atoms with E-state index in [1.165, 1.54) is 6.92 Å². The van der Waals surface area contributed by atoms with Crippen molar-refractivity contribution >= 4 is 27.9 Å². The molecule has 200 valence electrons. The largest absolute Gasteiger partial charge is 0.384 e. The number of benzene rings is 2. The summed E-state index contributed by atoms with van der Waals surface area (Å²) < 4.78 is 31.2. The highest BCUT2D eigenvalue weighted by atomic mass is 32.2. The number of aryl methyl sites for hydroxylation is 2. The van der Waals surface area contributed by atoms with Crippen molar-refractivity contribution in [3.8, 4) is 0 Å². The zero-order chi connectivity index (χ0) is 27.3. The lowest BCUT2D eigenvalue weighted by molar-refractivity contribution is -0.139. The number of nitrogens with one attached hydrogen (secondary N) is 3. The van der Waals surface area contributed by atoms with Gasteiger partial charge in [0.25, 0.3) is 10.2 Å². The number of amidine groups is 1. The molecule has 0 spiro atoms. The summed E-state index contributed by atoms with van der Waals surface area (Å²) in [7, 11) is -4.05. The van der Waals surface area contributed by atoms with E-state index in [-0.39, 0.29) is 30.6 Å². The quantitative estimate of drug-likeness (QED) is 0.284. The van der Waals surface area contributed by atoms with Crippen LogP contribution in [0.25, 0.3) is 0 Å². The van der Waals surface area contributed by atoms with Gasteiger partial charge in [-0.2, -0.15) is 17.9 Å². The monoisotopic (exact) mass is 528 g/mol. The Morgan fingerprint density at radius 2 is 1.59 bits per heavy atom. The van der Waals surface area contributed by atoms with E-state index in [0.717, 1.165) is 22.3 Å². The van der Waals surface area contributed by atoms with Crippen molar-refractivity contribution in [1.29, 1.82) is 5.41 Å². The Bertz CT molecular complexity index is 1260. The summed E-state index contributed by atoms with van der Waals surface area (Å²) in [5.74, 6) is -0.545. The third-order valence-electron chi connectivity index (χ3n) is 6.76. The van der Waals surface area contributed by atoms with Gasteiger partial charge >= 0.3 is 0 Å². The van der Waals surface area contributed by atoms with Crippen LogP contribution in [0.2, 0.25) is 0 Å². The Morgan fingerprint density at radius 3 is 2.16 bits per heavy atom. The molecule has 1 atom stereocenters. The van der Waals surface area contributed by atoms with Gasteiger partial charge in [-0.15, -0.1) is 0 Å². The van der Waals surface area contributed by atoms with Crippen LogP contribution in [0.5, 0.6) is 0 Å². The molecule has 3 rings (SSSR count). The molecule has 10 nitrogen and oxygen atoms in total. The van der Waals surface area contributed by atoms with E-state index >= 15 is 0 Å².